The van der Waals surface area contributed by atoms with Crippen molar-refractivity contribution in [3.63, 3.8) is 0 Å². The van der Waals surface area contributed by atoms with Gasteiger partial charge in [0.1, 0.15) is 43.3 Å². The summed E-state index contributed by atoms with van der Waals surface area (Å²) in [5.41, 5.74) is 26.6. The molecular formula is C148H112. The summed E-state index contributed by atoms with van der Waals surface area (Å²) >= 11 is 0. The average molecular weight is 1890 g/mol. The highest BCUT2D eigenvalue weighted by Crippen LogP contribution is 2.67. The third-order valence-corrected chi connectivity index (χ3v) is 35.3. The Kier molecular flexibility index (Phi) is 22.1. The highest BCUT2D eigenvalue weighted by molar-refractivity contribution is 6.09. The SMILES string of the molecule is CCCCCCCCCCCCc1c2cccc3c2cc2c(cccc12)C#CC12c4ccccc4C(C#CC#CC45c6ccccc6C(C#Cc6cccc7c(CCCCCCCCCCCC)c8cccc(c8cc67)C#CC67c8ccccc8C(C#CC#CC89c%10ccccc%10C(C#C3)(c3ccccc38)c3ccccc39)(c3ccccc36)c3ccccc37)(c3ccccc34)c3ccccc35)(c3ccccc31)c1ccccc12. The van der Waals surface area contributed by atoms with Crippen LogP contribution in [0, 0.1) is 94.7 Å². The molecule has 18 aromatic rings. The summed E-state index contributed by atoms with van der Waals surface area (Å²) in [7, 11) is 0. The molecule has 0 heteroatoms. The summed E-state index contributed by atoms with van der Waals surface area (Å²) in [5.74, 6) is 65.3. The van der Waals surface area contributed by atoms with Crippen LogP contribution in [0.3, 0.4) is 0 Å². The molecule has 13 aliphatic rings. The van der Waals surface area contributed by atoms with Crippen molar-refractivity contribution in [3.8, 4) is 94.7 Å². The highest BCUT2D eigenvalue weighted by Gasteiger charge is 2.63. The van der Waals surface area contributed by atoms with Crippen LogP contribution in [0.15, 0.2) is 376 Å². The Bertz CT molecular complexity index is 7700. The Labute approximate surface area is 872 Å². The van der Waals surface area contributed by atoms with Crippen LogP contribution in [0.1, 0.15) is 309 Å². The third-order valence-electron chi connectivity index (χ3n) is 35.3. The van der Waals surface area contributed by atoms with E-state index in [4.69, 9.17) is 0 Å². The van der Waals surface area contributed by atoms with E-state index in [0.29, 0.717) is 0 Å². The lowest BCUT2D eigenvalue weighted by molar-refractivity contribution is 0.557. The van der Waals surface area contributed by atoms with E-state index in [2.05, 4.69) is 485 Å². The summed E-state index contributed by atoms with van der Waals surface area (Å²) in [5, 5.41) is 9.48. The van der Waals surface area contributed by atoms with Gasteiger partial charge in [0.2, 0.25) is 0 Å². The number of hydrogen-bond acceptors (Lipinski definition) is 0. The van der Waals surface area contributed by atoms with Crippen molar-refractivity contribution in [3.05, 3.63) is 543 Å². The molecule has 0 amide bonds. The van der Waals surface area contributed by atoms with Gasteiger partial charge in [-0.3, -0.25) is 0 Å². The molecule has 0 fully saturated rings. The Morgan fingerprint density at radius 1 is 0.142 bits per heavy atom. The van der Waals surface area contributed by atoms with Crippen LogP contribution < -0.4 is 0 Å². The second kappa shape index (κ2) is 36.3. The molecule has 704 valence electrons. The molecule has 148 heavy (non-hydrogen) atoms. The zero-order valence-electron chi connectivity index (χ0n) is 84.4. The molecule has 0 N–H and O–H groups in total. The summed E-state index contributed by atoms with van der Waals surface area (Å²) in [6.07, 6.45) is 27.1. The van der Waals surface area contributed by atoms with Gasteiger partial charge in [-0.2, -0.15) is 0 Å². The minimum absolute atomic E-state index is 0.894. The van der Waals surface area contributed by atoms with Crippen molar-refractivity contribution in [1.29, 1.82) is 0 Å². The Hall–Kier alpha value is -16.5. The molecule has 12 bridgehead atoms. The van der Waals surface area contributed by atoms with E-state index in [1.54, 1.807) is 0 Å². The summed E-state index contributed by atoms with van der Waals surface area (Å²) < 4.78 is 0. The molecular weight excluding hydrogens is 1780 g/mol. The van der Waals surface area contributed by atoms with Crippen LogP contribution >= 0.6 is 0 Å². The predicted octanol–water partition coefficient (Wildman–Crippen LogP) is 32.3. The van der Waals surface area contributed by atoms with E-state index in [-0.39, 0.29) is 0 Å². The summed E-state index contributed by atoms with van der Waals surface area (Å²) in [6.45, 7) is 4.62. The molecule has 0 heterocycles. The maximum Gasteiger partial charge on any atom is 0.108 e. The number of unbranched alkanes of at least 4 members (excludes halogenated alkanes) is 18. The van der Waals surface area contributed by atoms with E-state index < -0.39 is 43.3 Å². The van der Waals surface area contributed by atoms with Crippen molar-refractivity contribution in [2.45, 2.75) is 198 Å². The molecule has 0 spiro atoms. The summed E-state index contributed by atoms with van der Waals surface area (Å²) in [6, 6.07) is 141. The standard InChI is InChI=1S/C148H112/c1-3-5-7-9-11-13-15-17-19-21-59-107-109-61-51-55-103-89-97-145-129-77-35-23-65-117(129)141(118-66-24-36-78-130(118)145,119-67-25-37-79-131(119)145)93-47-49-95-143-123-71-29-41-83-135(123)147(136-84-42-30-72-124(136)143,137-85-43-31-73-125(137)143)99-91-105-57-53-63-111-108(60-22-20-18-16-14-12-10-8-6-4-2)112-64-54-58-106(116(112)102-115(105)111)92-100-148-138-86-44-32-74-126(138)144(127-75-33-45-87-139(127)148,128-76-34-46-88-140(128)148)96-50-48-94-142-120-68-26-38-80-132(120)146(133-81-39-27-69-121(133)142,134-82-40-28-70-122(134)142)98-90-104-56-52-62-110(107)114(104)101-113(103)109/h23-46,51-58,61-88,101-102H,3-22,59-60H2,1-2H3. The zero-order chi connectivity index (χ0) is 98.6. The monoisotopic (exact) mass is 1890 g/mol. The van der Waals surface area contributed by atoms with Gasteiger partial charge in [-0.15, -0.1) is 0 Å². The van der Waals surface area contributed by atoms with Crippen molar-refractivity contribution < 1.29 is 0 Å². The van der Waals surface area contributed by atoms with Crippen LogP contribution in [0.2, 0.25) is 0 Å². The van der Waals surface area contributed by atoms with E-state index >= 15 is 0 Å². The molecule has 18 aromatic carbocycles. The molecule has 0 aliphatic heterocycles. The Morgan fingerprint density at radius 2 is 0.284 bits per heavy atom. The maximum absolute atomic E-state index is 4.28. The lowest BCUT2D eigenvalue weighted by atomic mass is 9.47. The molecule has 0 saturated heterocycles. The van der Waals surface area contributed by atoms with Gasteiger partial charge in [0.25, 0.3) is 0 Å². The minimum atomic E-state index is -0.919. The fourth-order valence-corrected chi connectivity index (χ4v) is 29.0. The first-order valence-corrected chi connectivity index (χ1v) is 54.7. The number of aryl methyl sites for hydroxylation is 2. The van der Waals surface area contributed by atoms with E-state index in [1.807, 2.05) is 0 Å². The van der Waals surface area contributed by atoms with Gasteiger partial charge in [0, 0.05) is 22.3 Å². The Morgan fingerprint density at radius 3 is 0.439 bits per heavy atom. The van der Waals surface area contributed by atoms with Crippen LogP contribution in [0.5, 0.6) is 0 Å². The summed E-state index contributed by atoms with van der Waals surface area (Å²) in [4.78, 5) is 0. The largest absolute Gasteiger partial charge is 0.108 e. The first-order chi connectivity index (χ1) is 73.3. The first kappa shape index (κ1) is 90.3. The molecule has 0 radical (unpaired) electrons. The molecule has 0 unspecified atom stereocenters. The van der Waals surface area contributed by atoms with Crippen molar-refractivity contribution >= 4 is 43.1 Å². The smallest absolute Gasteiger partial charge is 0.0764 e. The second-order valence-corrected chi connectivity index (χ2v) is 42.7. The van der Waals surface area contributed by atoms with Crippen molar-refractivity contribution in [1.82, 2.24) is 0 Å². The quantitative estimate of drug-likeness (QED) is 0.0360. The topological polar surface area (TPSA) is 0 Å². The van der Waals surface area contributed by atoms with Crippen LogP contribution in [-0.4, -0.2) is 0 Å². The lowest BCUT2D eigenvalue weighted by Gasteiger charge is -2.52. The molecule has 13 aliphatic carbocycles. The first-order valence-electron chi connectivity index (χ1n) is 54.7. The van der Waals surface area contributed by atoms with Crippen LogP contribution in [0.4, 0.5) is 0 Å². The highest BCUT2D eigenvalue weighted by atomic mass is 14.6. The maximum atomic E-state index is 4.28. The molecule has 31 rings (SSSR count). The van der Waals surface area contributed by atoms with Crippen LogP contribution in [-0.2, 0) is 56.2 Å². The minimum Gasteiger partial charge on any atom is -0.0764 e. The molecule has 0 atom stereocenters. The molecule has 0 nitrogen and oxygen atoms in total. The van der Waals surface area contributed by atoms with Gasteiger partial charge < -0.3 is 0 Å². The van der Waals surface area contributed by atoms with E-state index in [1.165, 1.54) is 148 Å². The normalized spacial score (nSPS) is 21.0. The number of rotatable bonds is 22. The molecule has 0 saturated carbocycles. The van der Waals surface area contributed by atoms with Gasteiger partial charge in [-0.1, -0.05) is 540 Å². The van der Waals surface area contributed by atoms with Gasteiger partial charge in [-0.25, -0.2) is 0 Å². The zero-order valence-corrected chi connectivity index (χ0v) is 84.4. The second-order valence-electron chi connectivity index (χ2n) is 42.7. The van der Waals surface area contributed by atoms with E-state index in [9.17, 15) is 0 Å². The fraction of sp³-hybridized carbons (Fsp3) is 0.216. The Balaban J connectivity index is 0.682. The van der Waals surface area contributed by atoms with Gasteiger partial charge in [0.05, 0.1) is 0 Å². The van der Waals surface area contributed by atoms with Crippen LogP contribution in [0.25, 0.3) is 43.1 Å². The van der Waals surface area contributed by atoms with Gasteiger partial charge >= 0.3 is 0 Å². The van der Waals surface area contributed by atoms with Crippen molar-refractivity contribution in [2.24, 2.45) is 0 Å². The van der Waals surface area contributed by atoms with E-state index in [0.717, 1.165) is 203 Å². The van der Waals surface area contributed by atoms with Gasteiger partial charge in [-0.05, 0) is 274 Å². The van der Waals surface area contributed by atoms with Gasteiger partial charge in [0.15, 0.2) is 0 Å². The molecule has 0 aromatic heterocycles. The predicted molar refractivity (Wildman–Crippen MR) is 609 cm³/mol. The third kappa shape index (κ3) is 13.0. The number of hydrogen-bond donors (Lipinski definition) is 0. The number of benzene rings is 18. The van der Waals surface area contributed by atoms with Crippen molar-refractivity contribution in [2.75, 3.05) is 0 Å². The fourth-order valence-electron chi connectivity index (χ4n) is 29.0. The average Bonchev–Trinajstić information content (AvgIpc) is 0.669. The lowest BCUT2D eigenvalue weighted by Crippen LogP contribution is -2.50.